The zero-order chi connectivity index (χ0) is 16.4. The Bertz CT molecular complexity index is 598. The number of hydrogen-bond acceptors (Lipinski definition) is 4. The lowest BCUT2D eigenvalue weighted by Gasteiger charge is -2.02. The molecule has 0 atom stereocenters. The summed E-state index contributed by atoms with van der Waals surface area (Å²) in [6.07, 6.45) is 0.833. The highest BCUT2D eigenvalue weighted by atomic mass is 16.6. The average Bonchev–Trinajstić information content (AvgIpc) is 2.57. The van der Waals surface area contributed by atoms with Gasteiger partial charge >= 0.3 is 17.9 Å². The van der Waals surface area contributed by atoms with Gasteiger partial charge < -0.3 is 9.84 Å². The number of carbonyl (C=O) groups excluding carboxylic acids is 2. The van der Waals surface area contributed by atoms with Gasteiger partial charge in [-0.3, -0.25) is 0 Å². The van der Waals surface area contributed by atoms with Gasteiger partial charge in [0.05, 0.1) is 11.1 Å². The van der Waals surface area contributed by atoms with Crippen molar-refractivity contribution in [2.75, 3.05) is 0 Å². The van der Waals surface area contributed by atoms with E-state index in [-0.39, 0.29) is 0 Å². The lowest BCUT2D eigenvalue weighted by molar-refractivity contribution is -0.131. The van der Waals surface area contributed by atoms with Crippen molar-refractivity contribution in [1.29, 1.82) is 0 Å². The number of carbonyl (C=O) groups is 3. The number of benzene rings is 2. The van der Waals surface area contributed by atoms with Crippen LogP contribution in [-0.2, 0) is 9.53 Å². The minimum atomic E-state index is -0.981. The van der Waals surface area contributed by atoms with Crippen LogP contribution in [0.15, 0.2) is 73.3 Å². The zero-order valence-electron chi connectivity index (χ0n) is 11.6. The summed E-state index contributed by atoms with van der Waals surface area (Å²) in [5.74, 6) is -2.26. The topological polar surface area (TPSA) is 80.7 Å². The first kappa shape index (κ1) is 16.8. The van der Waals surface area contributed by atoms with E-state index < -0.39 is 17.9 Å². The average molecular weight is 298 g/mol. The zero-order valence-corrected chi connectivity index (χ0v) is 11.6. The molecular formula is C17H14O5. The van der Waals surface area contributed by atoms with Crippen LogP contribution in [0.5, 0.6) is 0 Å². The Morgan fingerprint density at radius 1 is 0.818 bits per heavy atom. The second-order valence-corrected chi connectivity index (χ2v) is 3.95. The maximum absolute atomic E-state index is 11.6. The van der Waals surface area contributed by atoms with Crippen LogP contribution in [0.2, 0.25) is 0 Å². The predicted molar refractivity (Wildman–Crippen MR) is 80.5 cm³/mol. The molecule has 0 aliphatic heterocycles. The molecule has 22 heavy (non-hydrogen) atoms. The molecule has 0 aliphatic rings. The molecule has 0 aliphatic carbocycles. The van der Waals surface area contributed by atoms with E-state index in [2.05, 4.69) is 6.58 Å². The molecule has 0 saturated heterocycles. The van der Waals surface area contributed by atoms with Crippen LogP contribution >= 0.6 is 0 Å². The molecule has 5 nitrogen and oxygen atoms in total. The molecular weight excluding hydrogens is 284 g/mol. The van der Waals surface area contributed by atoms with Gasteiger partial charge in [0.25, 0.3) is 0 Å². The minimum Gasteiger partial charge on any atom is -0.478 e. The molecule has 1 N–H and O–H groups in total. The Morgan fingerprint density at radius 3 is 1.41 bits per heavy atom. The Kier molecular flexibility index (Phi) is 6.78. The number of carboxylic acid groups (broad SMARTS) is 1. The summed E-state index contributed by atoms with van der Waals surface area (Å²) in [5, 5.41) is 7.60. The normalized spacial score (nSPS) is 8.91. The van der Waals surface area contributed by atoms with Crippen LogP contribution in [0.4, 0.5) is 0 Å². The first-order valence-corrected chi connectivity index (χ1v) is 6.26. The van der Waals surface area contributed by atoms with Crippen molar-refractivity contribution in [3.8, 4) is 0 Å². The third-order valence-corrected chi connectivity index (χ3v) is 2.38. The maximum atomic E-state index is 11.6. The maximum Gasteiger partial charge on any atom is 0.346 e. The van der Waals surface area contributed by atoms with Gasteiger partial charge in [0.1, 0.15) is 0 Å². The van der Waals surface area contributed by atoms with E-state index in [0.717, 1.165) is 6.08 Å². The summed E-state index contributed by atoms with van der Waals surface area (Å²) >= 11 is 0. The van der Waals surface area contributed by atoms with E-state index in [1.54, 1.807) is 60.7 Å². The highest BCUT2D eigenvalue weighted by Gasteiger charge is 2.13. The largest absolute Gasteiger partial charge is 0.478 e. The van der Waals surface area contributed by atoms with E-state index in [0.29, 0.717) is 11.1 Å². The summed E-state index contributed by atoms with van der Waals surface area (Å²) in [6, 6.07) is 16.8. The molecule has 2 aromatic rings. The van der Waals surface area contributed by atoms with Crippen LogP contribution in [0.3, 0.4) is 0 Å². The van der Waals surface area contributed by atoms with E-state index in [4.69, 9.17) is 9.84 Å². The van der Waals surface area contributed by atoms with Gasteiger partial charge in [-0.25, -0.2) is 14.4 Å². The second kappa shape index (κ2) is 8.86. The molecule has 0 aromatic heterocycles. The van der Waals surface area contributed by atoms with Crippen LogP contribution in [0.1, 0.15) is 20.7 Å². The molecule has 5 heteroatoms. The predicted octanol–water partition coefficient (Wildman–Crippen LogP) is 2.94. The van der Waals surface area contributed by atoms with Crippen molar-refractivity contribution in [2.24, 2.45) is 0 Å². The molecule has 0 fully saturated rings. The van der Waals surface area contributed by atoms with Crippen molar-refractivity contribution >= 4 is 17.9 Å². The first-order chi connectivity index (χ1) is 10.5. The van der Waals surface area contributed by atoms with E-state index in [1.807, 2.05) is 0 Å². The third kappa shape index (κ3) is 5.83. The van der Waals surface area contributed by atoms with Crippen molar-refractivity contribution in [2.45, 2.75) is 0 Å². The molecule has 112 valence electrons. The summed E-state index contributed by atoms with van der Waals surface area (Å²) < 4.78 is 4.74. The molecule has 0 bridgehead atoms. The fraction of sp³-hybridized carbons (Fsp3) is 0. The van der Waals surface area contributed by atoms with E-state index >= 15 is 0 Å². The molecule has 2 aromatic carbocycles. The number of ether oxygens (including phenoxy) is 1. The Morgan fingerprint density at radius 2 is 1.14 bits per heavy atom. The molecule has 0 saturated carbocycles. The van der Waals surface area contributed by atoms with Gasteiger partial charge in [0.15, 0.2) is 0 Å². The Balaban J connectivity index is 0.000000422. The summed E-state index contributed by atoms with van der Waals surface area (Å²) in [4.78, 5) is 32.4. The van der Waals surface area contributed by atoms with Gasteiger partial charge in [0.2, 0.25) is 0 Å². The third-order valence-electron chi connectivity index (χ3n) is 2.38. The SMILES string of the molecule is C=CC(=O)O.O=C(OC(=O)c1ccccc1)c1ccccc1. The standard InChI is InChI=1S/C14H10O3.C3H4O2/c15-13(11-7-3-1-4-8-11)17-14(16)12-9-5-2-6-10-12;1-2-3(4)5/h1-10H;2H,1H2,(H,4,5). The highest BCUT2D eigenvalue weighted by molar-refractivity contribution is 6.02. The van der Waals surface area contributed by atoms with Crippen molar-refractivity contribution in [3.63, 3.8) is 0 Å². The fourth-order valence-corrected chi connectivity index (χ4v) is 1.35. The van der Waals surface area contributed by atoms with Gasteiger partial charge in [-0.1, -0.05) is 43.0 Å². The Labute approximate surface area is 127 Å². The minimum absolute atomic E-state index is 0.358. The van der Waals surface area contributed by atoms with Crippen LogP contribution in [-0.4, -0.2) is 23.0 Å². The molecule has 0 unspecified atom stereocenters. The Hall–Kier alpha value is -3.21. The van der Waals surface area contributed by atoms with E-state index in [1.165, 1.54) is 0 Å². The monoisotopic (exact) mass is 298 g/mol. The number of hydrogen-bond donors (Lipinski definition) is 1. The molecule has 0 heterocycles. The summed E-state index contributed by atoms with van der Waals surface area (Å²) in [6.45, 7) is 2.96. The number of esters is 2. The molecule has 0 spiro atoms. The van der Waals surface area contributed by atoms with Crippen molar-refractivity contribution in [1.82, 2.24) is 0 Å². The van der Waals surface area contributed by atoms with Crippen LogP contribution in [0.25, 0.3) is 0 Å². The van der Waals surface area contributed by atoms with E-state index in [9.17, 15) is 14.4 Å². The van der Waals surface area contributed by atoms with Crippen molar-refractivity contribution in [3.05, 3.63) is 84.4 Å². The molecule has 2 rings (SSSR count). The lowest BCUT2D eigenvalue weighted by Crippen LogP contribution is -2.12. The van der Waals surface area contributed by atoms with Gasteiger partial charge in [-0.15, -0.1) is 0 Å². The van der Waals surface area contributed by atoms with Gasteiger partial charge in [0, 0.05) is 6.08 Å². The second-order valence-electron chi connectivity index (χ2n) is 3.95. The van der Waals surface area contributed by atoms with Gasteiger partial charge in [-0.05, 0) is 24.3 Å². The van der Waals surface area contributed by atoms with Gasteiger partial charge in [-0.2, -0.15) is 0 Å². The quantitative estimate of drug-likeness (QED) is 0.535. The molecule has 0 amide bonds. The lowest BCUT2D eigenvalue weighted by atomic mass is 10.2. The summed E-state index contributed by atoms with van der Waals surface area (Å²) in [7, 11) is 0. The fourth-order valence-electron chi connectivity index (χ4n) is 1.35. The number of rotatable bonds is 3. The first-order valence-electron chi connectivity index (χ1n) is 6.26. The van der Waals surface area contributed by atoms with Crippen LogP contribution in [0, 0.1) is 0 Å². The molecule has 0 radical (unpaired) electrons. The number of carboxylic acids is 1. The van der Waals surface area contributed by atoms with Crippen molar-refractivity contribution < 1.29 is 24.2 Å². The number of aliphatic carboxylic acids is 1. The summed E-state index contributed by atoms with van der Waals surface area (Å²) in [5.41, 5.74) is 0.716. The van der Waals surface area contributed by atoms with Crippen LogP contribution < -0.4 is 0 Å². The smallest absolute Gasteiger partial charge is 0.346 e. The highest BCUT2D eigenvalue weighted by Crippen LogP contribution is 2.05.